The first kappa shape index (κ1) is 13.4. The molecule has 7 nitrogen and oxygen atoms in total. The lowest BCUT2D eigenvalue weighted by atomic mass is 10.3. The molecule has 0 aromatic carbocycles. The SMILES string of the molecule is COCCOCCc1noc(C2COCCN2)n1. The third kappa shape index (κ3) is 4.02. The second-order valence-corrected chi connectivity index (χ2v) is 3.99. The molecule has 1 aliphatic rings. The molecule has 0 bridgehead atoms. The van der Waals surface area contributed by atoms with Crippen LogP contribution in [0.25, 0.3) is 0 Å². The summed E-state index contributed by atoms with van der Waals surface area (Å²) in [6, 6.07) is 0.00871. The van der Waals surface area contributed by atoms with Crippen molar-refractivity contribution in [1.82, 2.24) is 15.5 Å². The molecule has 1 saturated heterocycles. The maximum absolute atomic E-state index is 5.35. The molecule has 0 radical (unpaired) electrons. The molecule has 7 heteroatoms. The molecule has 1 aliphatic heterocycles. The van der Waals surface area contributed by atoms with Crippen LogP contribution in [0.4, 0.5) is 0 Å². The van der Waals surface area contributed by atoms with Crippen LogP contribution in [0.1, 0.15) is 17.8 Å². The molecule has 1 atom stereocenters. The topological polar surface area (TPSA) is 78.6 Å². The van der Waals surface area contributed by atoms with Crippen LogP contribution >= 0.6 is 0 Å². The van der Waals surface area contributed by atoms with E-state index in [1.165, 1.54) is 0 Å². The fourth-order valence-corrected chi connectivity index (χ4v) is 1.64. The highest BCUT2D eigenvalue weighted by Gasteiger charge is 2.21. The predicted octanol–water partition coefficient (Wildman–Crippen LogP) is -0.0640. The van der Waals surface area contributed by atoms with E-state index < -0.39 is 0 Å². The number of hydrogen-bond acceptors (Lipinski definition) is 7. The first-order valence-electron chi connectivity index (χ1n) is 6.10. The lowest BCUT2D eigenvalue weighted by Crippen LogP contribution is -2.34. The number of morpholine rings is 1. The van der Waals surface area contributed by atoms with Crippen molar-refractivity contribution in [3.05, 3.63) is 11.7 Å². The van der Waals surface area contributed by atoms with Crippen LogP contribution in [0.15, 0.2) is 4.52 Å². The summed E-state index contributed by atoms with van der Waals surface area (Å²) in [6.45, 7) is 3.86. The van der Waals surface area contributed by atoms with Gasteiger partial charge in [0.1, 0.15) is 6.04 Å². The van der Waals surface area contributed by atoms with Gasteiger partial charge in [-0.05, 0) is 0 Å². The lowest BCUT2D eigenvalue weighted by molar-refractivity contribution is 0.0659. The van der Waals surface area contributed by atoms with E-state index in [1.807, 2.05) is 0 Å². The molecule has 1 aromatic rings. The molecule has 1 aromatic heterocycles. The summed E-state index contributed by atoms with van der Waals surface area (Å²) >= 11 is 0. The van der Waals surface area contributed by atoms with Gasteiger partial charge < -0.3 is 24.1 Å². The maximum atomic E-state index is 5.35. The fourth-order valence-electron chi connectivity index (χ4n) is 1.64. The third-order valence-electron chi connectivity index (χ3n) is 2.61. The Kier molecular flexibility index (Phi) is 5.53. The lowest BCUT2D eigenvalue weighted by Gasteiger charge is -2.20. The number of rotatable bonds is 7. The average Bonchev–Trinajstić information content (AvgIpc) is 2.88. The summed E-state index contributed by atoms with van der Waals surface area (Å²) < 4.78 is 20.8. The van der Waals surface area contributed by atoms with E-state index in [1.54, 1.807) is 7.11 Å². The van der Waals surface area contributed by atoms with Crippen molar-refractivity contribution in [2.75, 3.05) is 46.7 Å². The summed E-state index contributed by atoms with van der Waals surface area (Å²) in [5.41, 5.74) is 0. The number of nitrogens with one attached hydrogen (secondary N) is 1. The van der Waals surface area contributed by atoms with Crippen LogP contribution in [0, 0.1) is 0 Å². The molecule has 1 fully saturated rings. The minimum absolute atomic E-state index is 0.00871. The van der Waals surface area contributed by atoms with Gasteiger partial charge in [-0.25, -0.2) is 0 Å². The number of ether oxygens (including phenoxy) is 3. The number of hydrogen-bond donors (Lipinski definition) is 1. The first-order chi connectivity index (χ1) is 8.90. The van der Waals surface area contributed by atoms with Gasteiger partial charge in [-0.15, -0.1) is 0 Å². The molecule has 0 spiro atoms. The van der Waals surface area contributed by atoms with Crippen molar-refractivity contribution in [3.63, 3.8) is 0 Å². The molecule has 102 valence electrons. The summed E-state index contributed by atoms with van der Waals surface area (Å²) in [4.78, 5) is 4.32. The second-order valence-electron chi connectivity index (χ2n) is 3.99. The van der Waals surface area contributed by atoms with Crippen molar-refractivity contribution in [1.29, 1.82) is 0 Å². The monoisotopic (exact) mass is 257 g/mol. The molecule has 2 rings (SSSR count). The highest BCUT2D eigenvalue weighted by molar-refractivity contribution is 4.94. The first-order valence-corrected chi connectivity index (χ1v) is 6.10. The van der Waals surface area contributed by atoms with Crippen molar-refractivity contribution in [3.8, 4) is 0 Å². The highest BCUT2D eigenvalue weighted by atomic mass is 16.5. The van der Waals surface area contributed by atoms with Crippen molar-refractivity contribution in [2.24, 2.45) is 0 Å². The maximum Gasteiger partial charge on any atom is 0.246 e. The standard InChI is InChI=1S/C11H19N3O4/c1-15-6-7-16-4-2-10-13-11(18-14-10)9-8-17-5-3-12-9/h9,12H,2-8H2,1H3. The normalized spacial score (nSPS) is 20.2. The van der Waals surface area contributed by atoms with Crippen LogP contribution in [-0.2, 0) is 20.6 Å². The predicted molar refractivity (Wildman–Crippen MR) is 62.3 cm³/mol. The van der Waals surface area contributed by atoms with Gasteiger partial charge in [0.05, 0.1) is 33.0 Å². The Bertz CT molecular complexity index is 339. The zero-order valence-electron chi connectivity index (χ0n) is 10.6. The Hall–Kier alpha value is -1.02. The number of nitrogens with zero attached hydrogens (tertiary/aromatic N) is 2. The largest absolute Gasteiger partial charge is 0.382 e. The van der Waals surface area contributed by atoms with Crippen molar-refractivity contribution in [2.45, 2.75) is 12.5 Å². The van der Waals surface area contributed by atoms with E-state index in [-0.39, 0.29) is 6.04 Å². The second kappa shape index (κ2) is 7.42. The van der Waals surface area contributed by atoms with Gasteiger partial charge in [0, 0.05) is 20.1 Å². The molecule has 18 heavy (non-hydrogen) atoms. The molecular weight excluding hydrogens is 238 g/mol. The van der Waals surface area contributed by atoms with Gasteiger partial charge in [-0.1, -0.05) is 5.16 Å². The van der Waals surface area contributed by atoms with E-state index in [4.69, 9.17) is 18.7 Å². The Balaban J connectivity index is 1.72. The summed E-state index contributed by atoms with van der Waals surface area (Å²) in [6.07, 6.45) is 0.640. The average molecular weight is 257 g/mol. The van der Waals surface area contributed by atoms with Gasteiger partial charge in [-0.3, -0.25) is 0 Å². The molecule has 0 aliphatic carbocycles. The Morgan fingerprint density at radius 1 is 1.39 bits per heavy atom. The summed E-state index contributed by atoms with van der Waals surface area (Å²) in [7, 11) is 1.65. The van der Waals surface area contributed by atoms with Gasteiger partial charge in [0.15, 0.2) is 5.82 Å². The van der Waals surface area contributed by atoms with Crippen LogP contribution in [0.2, 0.25) is 0 Å². The van der Waals surface area contributed by atoms with Crippen molar-refractivity contribution >= 4 is 0 Å². The molecular formula is C11H19N3O4. The van der Waals surface area contributed by atoms with E-state index >= 15 is 0 Å². The molecule has 1 unspecified atom stereocenters. The van der Waals surface area contributed by atoms with Crippen LogP contribution in [0.3, 0.4) is 0 Å². The number of methoxy groups -OCH3 is 1. The molecule has 2 heterocycles. The van der Waals surface area contributed by atoms with Gasteiger partial charge in [0.2, 0.25) is 5.89 Å². The minimum atomic E-state index is 0.00871. The number of aromatic nitrogens is 2. The zero-order chi connectivity index (χ0) is 12.6. The Morgan fingerprint density at radius 3 is 3.11 bits per heavy atom. The van der Waals surface area contributed by atoms with Crippen LogP contribution in [0.5, 0.6) is 0 Å². The van der Waals surface area contributed by atoms with Crippen LogP contribution < -0.4 is 5.32 Å². The fraction of sp³-hybridized carbons (Fsp3) is 0.818. The smallest absolute Gasteiger partial charge is 0.246 e. The summed E-state index contributed by atoms with van der Waals surface area (Å²) in [5.74, 6) is 1.25. The van der Waals surface area contributed by atoms with Gasteiger partial charge >= 0.3 is 0 Å². The molecule has 0 saturated carbocycles. The Morgan fingerprint density at radius 2 is 2.33 bits per heavy atom. The van der Waals surface area contributed by atoms with E-state index in [9.17, 15) is 0 Å². The molecule has 1 N–H and O–H groups in total. The van der Waals surface area contributed by atoms with Gasteiger partial charge in [-0.2, -0.15) is 4.98 Å². The zero-order valence-corrected chi connectivity index (χ0v) is 10.6. The van der Waals surface area contributed by atoms with E-state index in [2.05, 4.69) is 15.5 Å². The third-order valence-corrected chi connectivity index (χ3v) is 2.61. The van der Waals surface area contributed by atoms with E-state index in [0.29, 0.717) is 44.6 Å². The van der Waals surface area contributed by atoms with Crippen molar-refractivity contribution < 1.29 is 18.7 Å². The van der Waals surface area contributed by atoms with Crippen LogP contribution in [-0.4, -0.2) is 56.8 Å². The highest BCUT2D eigenvalue weighted by Crippen LogP contribution is 2.13. The summed E-state index contributed by atoms with van der Waals surface area (Å²) in [5, 5.41) is 7.18. The quantitative estimate of drug-likeness (QED) is 0.685. The molecule has 0 amide bonds. The van der Waals surface area contributed by atoms with Gasteiger partial charge in [0.25, 0.3) is 0 Å². The Labute approximate surface area is 106 Å². The van der Waals surface area contributed by atoms with E-state index in [0.717, 1.165) is 13.2 Å². The minimum Gasteiger partial charge on any atom is -0.382 e.